The first kappa shape index (κ1) is 13.8. The summed E-state index contributed by atoms with van der Waals surface area (Å²) in [5.74, 6) is -1.03. The Morgan fingerprint density at radius 3 is 2.95 bits per heavy atom. The maximum atomic E-state index is 13.2. The van der Waals surface area contributed by atoms with Gasteiger partial charge in [0.2, 0.25) is 5.91 Å². The van der Waals surface area contributed by atoms with Crippen molar-refractivity contribution in [3.63, 3.8) is 0 Å². The fraction of sp³-hybridized carbons (Fsp3) is 0.500. The van der Waals surface area contributed by atoms with Gasteiger partial charge in [0, 0.05) is 19.3 Å². The number of hydrogen-bond acceptors (Lipinski definition) is 6. The average molecular weight is 288 g/mol. The molecule has 0 spiro atoms. The number of hydrogen-bond donors (Lipinski definition) is 2. The summed E-state index contributed by atoms with van der Waals surface area (Å²) in [4.78, 5) is 27.8. The number of anilines is 1. The van der Waals surface area contributed by atoms with E-state index in [-0.39, 0.29) is 31.0 Å². The number of aromatic nitrogens is 2. The lowest BCUT2D eigenvalue weighted by molar-refractivity contribution is -0.128. The van der Waals surface area contributed by atoms with Gasteiger partial charge < -0.3 is 15.7 Å². The van der Waals surface area contributed by atoms with Crippen LogP contribution in [0.2, 0.25) is 0 Å². The second kappa shape index (κ2) is 5.57. The van der Waals surface area contributed by atoms with Crippen LogP contribution in [0, 0.1) is 5.82 Å². The molecule has 0 aromatic carbocycles. The van der Waals surface area contributed by atoms with Gasteiger partial charge in [-0.05, 0) is 0 Å². The van der Waals surface area contributed by atoms with Crippen molar-refractivity contribution < 1.29 is 14.3 Å². The number of nitrogen functional groups attached to an aromatic ring is 1. The first-order chi connectivity index (χ1) is 9.02. The molecule has 1 fully saturated rings. The zero-order valence-electron chi connectivity index (χ0n) is 9.95. The third-order valence-electron chi connectivity index (χ3n) is 2.78. The molecule has 0 saturated carbocycles. The number of carbonyl (C=O) groups excluding carboxylic acids is 1. The van der Waals surface area contributed by atoms with E-state index in [9.17, 15) is 14.0 Å². The summed E-state index contributed by atoms with van der Waals surface area (Å²) < 4.78 is 14.3. The number of nitrogens with two attached hydrogens (primary N) is 1. The van der Waals surface area contributed by atoms with Crippen molar-refractivity contribution in [1.82, 2.24) is 14.5 Å². The molecule has 9 heteroatoms. The van der Waals surface area contributed by atoms with E-state index in [2.05, 4.69) is 4.98 Å². The van der Waals surface area contributed by atoms with Crippen molar-refractivity contribution in [3.8, 4) is 0 Å². The molecule has 1 aromatic rings. The fourth-order valence-corrected chi connectivity index (χ4v) is 2.78. The molecule has 0 unspecified atom stereocenters. The van der Waals surface area contributed by atoms with Crippen molar-refractivity contribution >= 4 is 23.5 Å². The van der Waals surface area contributed by atoms with Gasteiger partial charge in [-0.1, -0.05) is 0 Å². The summed E-state index contributed by atoms with van der Waals surface area (Å²) in [6, 6.07) is 0. The number of carbonyl (C=O) groups is 1. The number of aliphatic hydroxyl groups is 1. The van der Waals surface area contributed by atoms with Crippen molar-refractivity contribution in [2.45, 2.75) is 11.9 Å². The van der Waals surface area contributed by atoms with Crippen molar-refractivity contribution in [3.05, 3.63) is 22.5 Å². The first-order valence-corrected chi connectivity index (χ1v) is 6.62. The molecule has 1 atom stereocenters. The Morgan fingerprint density at radius 1 is 1.53 bits per heavy atom. The fourth-order valence-electron chi connectivity index (χ4n) is 1.78. The van der Waals surface area contributed by atoms with Crippen LogP contribution < -0.4 is 11.4 Å². The third kappa shape index (κ3) is 2.87. The van der Waals surface area contributed by atoms with E-state index in [0.717, 1.165) is 10.8 Å². The molecule has 0 aliphatic carbocycles. The van der Waals surface area contributed by atoms with E-state index in [1.54, 1.807) is 0 Å². The van der Waals surface area contributed by atoms with Gasteiger partial charge in [0.05, 0.1) is 12.4 Å². The molecular weight excluding hydrogens is 275 g/mol. The number of rotatable bonds is 4. The van der Waals surface area contributed by atoms with E-state index < -0.39 is 17.3 Å². The largest absolute Gasteiger partial charge is 0.393 e. The Kier molecular flexibility index (Phi) is 4.05. The van der Waals surface area contributed by atoms with Gasteiger partial charge in [0.25, 0.3) is 0 Å². The maximum absolute atomic E-state index is 13.2. The Labute approximate surface area is 112 Å². The van der Waals surface area contributed by atoms with Crippen LogP contribution in [0.15, 0.2) is 11.0 Å². The molecule has 0 radical (unpaired) electrons. The highest BCUT2D eigenvalue weighted by Gasteiger charge is 2.30. The summed E-state index contributed by atoms with van der Waals surface area (Å²) >= 11 is 1.33. The maximum Gasteiger partial charge on any atom is 0.349 e. The minimum atomic E-state index is -0.777. The second-order valence-electron chi connectivity index (χ2n) is 3.99. The van der Waals surface area contributed by atoms with E-state index in [0.29, 0.717) is 5.75 Å². The summed E-state index contributed by atoms with van der Waals surface area (Å²) in [6.07, 6.45) is 0.965. The van der Waals surface area contributed by atoms with Crippen LogP contribution in [0.4, 0.5) is 10.2 Å². The number of amides is 1. The lowest BCUT2D eigenvalue weighted by Crippen LogP contribution is -2.39. The lowest BCUT2D eigenvalue weighted by Gasteiger charge is -2.22. The summed E-state index contributed by atoms with van der Waals surface area (Å²) in [5.41, 5.74) is 4.51. The molecule has 3 N–H and O–H groups in total. The topological polar surface area (TPSA) is 101 Å². The molecule has 104 valence electrons. The van der Waals surface area contributed by atoms with E-state index >= 15 is 0 Å². The molecule has 1 amide bonds. The standard InChI is InChI=1S/C10H13FN4O3S/c11-6-3-14(10(18)13-9(6)12)1-2-15-7(17)5-19-8(15)4-16/h3,8,16H,1-2,4-5H2,(H2,12,13,18)/t8-/m1/s1. The summed E-state index contributed by atoms with van der Waals surface area (Å²) in [5, 5.41) is 8.80. The number of nitrogens with zero attached hydrogens (tertiary/aromatic N) is 3. The monoisotopic (exact) mass is 288 g/mol. The predicted molar refractivity (Wildman–Crippen MR) is 67.9 cm³/mol. The summed E-state index contributed by atoms with van der Waals surface area (Å²) in [7, 11) is 0. The van der Waals surface area contributed by atoms with Crippen LogP contribution in [0.5, 0.6) is 0 Å². The van der Waals surface area contributed by atoms with Gasteiger partial charge in [0.1, 0.15) is 5.37 Å². The first-order valence-electron chi connectivity index (χ1n) is 5.57. The molecular formula is C10H13FN4O3S. The predicted octanol–water partition coefficient (Wildman–Crippen LogP) is -1.14. The van der Waals surface area contributed by atoms with Gasteiger partial charge in [0.15, 0.2) is 11.6 Å². The SMILES string of the molecule is Nc1nc(=O)n(CCN2C(=O)CS[C@@H]2CO)cc1F. The normalized spacial score (nSPS) is 19.2. The number of thioether (sulfide) groups is 1. The zero-order chi connectivity index (χ0) is 14.0. The minimum Gasteiger partial charge on any atom is -0.393 e. The Balaban J connectivity index is 2.08. The zero-order valence-corrected chi connectivity index (χ0v) is 10.8. The van der Waals surface area contributed by atoms with Crippen LogP contribution in [-0.2, 0) is 11.3 Å². The Hall–Kier alpha value is -1.61. The van der Waals surface area contributed by atoms with Crippen LogP contribution >= 0.6 is 11.8 Å². The van der Waals surface area contributed by atoms with E-state index in [1.807, 2.05) is 0 Å². The third-order valence-corrected chi connectivity index (χ3v) is 3.98. The van der Waals surface area contributed by atoms with Crippen LogP contribution in [0.1, 0.15) is 0 Å². The van der Waals surface area contributed by atoms with Gasteiger partial charge in [-0.3, -0.25) is 9.36 Å². The van der Waals surface area contributed by atoms with E-state index in [1.165, 1.54) is 16.7 Å². The highest BCUT2D eigenvalue weighted by molar-refractivity contribution is 8.01. The van der Waals surface area contributed by atoms with Crippen LogP contribution in [0.3, 0.4) is 0 Å². The molecule has 7 nitrogen and oxygen atoms in total. The van der Waals surface area contributed by atoms with Gasteiger partial charge in [-0.25, -0.2) is 9.18 Å². The molecule has 2 heterocycles. The average Bonchev–Trinajstić information content (AvgIpc) is 2.73. The highest BCUT2D eigenvalue weighted by Crippen LogP contribution is 2.23. The quantitative estimate of drug-likeness (QED) is 0.726. The van der Waals surface area contributed by atoms with Gasteiger partial charge >= 0.3 is 5.69 Å². The molecule has 0 bridgehead atoms. The van der Waals surface area contributed by atoms with Gasteiger partial charge in [-0.15, -0.1) is 11.8 Å². The second-order valence-corrected chi connectivity index (χ2v) is 5.15. The van der Waals surface area contributed by atoms with Crippen molar-refractivity contribution in [1.29, 1.82) is 0 Å². The van der Waals surface area contributed by atoms with Crippen LogP contribution in [-0.4, -0.2) is 49.7 Å². The van der Waals surface area contributed by atoms with Crippen molar-refractivity contribution in [2.24, 2.45) is 0 Å². The molecule has 19 heavy (non-hydrogen) atoms. The Bertz CT molecular complexity index is 550. The Morgan fingerprint density at radius 2 is 2.26 bits per heavy atom. The lowest BCUT2D eigenvalue weighted by atomic mass is 10.4. The smallest absolute Gasteiger partial charge is 0.349 e. The van der Waals surface area contributed by atoms with Gasteiger partial charge in [-0.2, -0.15) is 4.98 Å². The van der Waals surface area contributed by atoms with E-state index in [4.69, 9.17) is 10.8 Å². The molecule has 1 aliphatic rings. The van der Waals surface area contributed by atoms with Crippen LogP contribution in [0.25, 0.3) is 0 Å². The van der Waals surface area contributed by atoms with Crippen molar-refractivity contribution in [2.75, 3.05) is 24.6 Å². The molecule has 2 rings (SSSR count). The molecule has 1 saturated heterocycles. The highest BCUT2D eigenvalue weighted by atomic mass is 32.2. The molecule has 1 aromatic heterocycles. The number of halogens is 1. The molecule has 1 aliphatic heterocycles. The minimum absolute atomic E-state index is 0.103. The summed E-state index contributed by atoms with van der Waals surface area (Å²) in [6.45, 7) is 0.160. The number of aliphatic hydroxyl groups excluding tert-OH is 1.